The van der Waals surface area contributed by atoms with E-state index in [1.807, 2.05) is 0 Å². The van der Waals surface area contributed by atoms with E-state index >= 15 is 0 Å². The van der Waals surface area contributed by atoms with Crippen molar-refractivity contribution in [3.8, 4) is 0 Å². The molecule has 1 N–H and O–H groups in total. The van der Waals surface area contributed by atoms with Crippen LogP contribution in [0.3, 0.4) is 0 Å². The van der Waals surface area contributed by atoms with Gasteiger partial charge in [0, 0.05) is 0 Å². The van der Waals surface area contributed by atoms with Crippen molar-refractivity contribution >= 4 is 50.5 Å². The Hall–Kier alpha value is -0.648. The SMILES string of the molecule is [LiH].[Li][C]1=C(N2CCCC2)c2ccccc2C1[Si](C)(C)NCc1ccccc1. The van der Waals surface area contributed by atoms with E-state index in [0.717, 1.165) is 6.54 Å². The number of rotatable bonds is 5. The molecule has 0 radical (unpaired) electrons. The molecule has 27 heavy (non-hydrogen) atoms. The minimum atomic E-state index is -1.69. The van der Waals surface area contributed by atoms with Crippen LogP contribution in [0.25, 0.3) is 5.70 Å². The molecule has 5 heteroatoms. The number of hydrogen-bond donors (Lipinski definition) is 1. The maximum absolute atomic E-state index is 3.99. The van der Waals surface area contributed by atoms with Crippen molar-refractivity contribution < 1.29 is 0 Å². The Morgan fingerprint density at radius 1 is 1.00 bits per heavy atom. The molecule has 1 fully saturated rings. The molecule has 2 nitrogen and oxygen atoms in total. The molecule has 0 amide bonds. The molecular weight excluding hydrogens is 334 g/mol. The van der Waals surface area contributed by atoms with Gasteiger partial charge in [-0.3, -0.25) is 0 Å². The molecule has 2 aromatic rings. The van der Waals surface area contributed by atoms with Gasteiger partial charge in [-0.05, 0) is 0 Å². The molecule has 0 aromatic heterocycles. The van der Waals surface area contributed by atoms with Gasteiger partial charge in [0.1, 0.15) is 0 Å². The van der Waals surface area contributed by atoms with Crippen LogP contribution in [-0.2, 0) is 6.54 Å². The van der Waals surface area contributed by atoms with Crippen LogP contribution in [-0.4, -0.2) is 62.8 Å². The molecule has 4 rings (SSSR count). The first-order chi connectivity index (χ1) is 12.6. The van der Waals surface area contributed by atoms with E-state index in [2.05, 4.69) is 95.3 Å². The van der Waals surface area contributed by atoms with Crippen LogP contribution in [0.1, 0.15) is 35.1 Å². The fraction of sp³-hybridized carbons (Fsp3) is 0.364. The molecule has 0 spiro atoms. The summed E-state index contributed by atoms with van der Waals surface area (Å²) < 4.78 is 1.59. The number of hydrogen-bond acceptors (Lipinski definition) is 2. The monoisotopic (exact) mass is 362 g/mol. The summed E-state index contributed by atoms with van der Waals surface area (Å²) in [4.78, 5) is 6.62. The van der Waals surface area contributed by atoms with Gasteiger partial charge in [-0.1, -0.05) is 0 Å². The van der Waals surface area contributed by atoms with Gasteiger partial charge < -0.3 is 0 Å². The maximum atomic E-state index is 3.99. The summed E-state index contributed by atoms with van der Waals surface area (Å²) in [6.07, 6.45) is 2.66. The van der Waals surface area contributed by atoms with E-state index in [4.69, 9.17) is 0 Å². The molecule has 1 unspecified atom stereocenters. The quantitative estimate of drug-likeness (QED) is 0.818. The average Bonchev–Trinajstić information content (AvgIpc) is 3.26. The van der Waals surface area contributed by atoms with Gasteiger partial charge in [0.2, 0.25) is 0 Å². The van der Waals surface area contributed by atoms with Crippen molar-refractivity contribution in [2.75, 3.05) is 13.1 Å². The van der Waals surface area contributed by atoms with Gasteiger partial charge in [-0.25, -0.2) is 0 Å². The fourth-order valence-corrected chi connectivity index (χ4v) is 7.98. The minimum absolute atomic E-state index is 0. The zero-order valence-electron chi connectivity index (χ0n) is 16.3. The molecular formula is C22H28Li2N2Si. The Labute approximate surface area is 186 Å². The van der Waals surface area contributed by atoms with Gasteiger partial charge in [0.25, 0.3) is 0 Å². The van der Waals surface area contributed by atoms with Crippen LogP contribution in [0.15, 0.2) is 58.8 Å². The van der Waals surface area contributed by atoms with Gasteiger partial charge in [0.15, 0.2) is 0 Å². The Kier molecular flexibility index (Phi) is 6.86. The zero-order chi connectivity index (χ0) is 18.1. The summed E-state index contributed by atoms with van der Waals surface area (Å²) in [7, 11) is -1.69. The van der Waals surface area contributed by atoms with Crippen LogP contribution in [0, 0.1) is 0 Å². The second-order valence-electron chi connectivity index (χ2n) is 8.31. The second kappa shape index (κ2) is 8.79. The van der Waals surface area contributed by atoms with E-state index in [9.17, 15) is 0 Å². The number of likely N-dealkylation sites (tertiary alicyclic amines) is 1. The van der Waals surface area contributed by atoms with Crippen molar-refractivity contribution in [3.63, 3.8) is 0 Å². The molecule has 1 atom stereocenters. The molecule has 2 aromatic carbocycles. The Balaban J connectivity index is 0.00000210. The first kappa shape index (κ1) is 21.1. The van der Waals surface area contributed by atoms with Crippen molar-refractivity contribution in [3.05, 3.63) is 75.5 Å². The molecule has 1 heterocycles. The van der Waals surface area contributed by atoms with Crippen LogP contribution in [0.2, 0.25) is 13.1 Å². The molecule has 1 saturated heterocycles. The van der Waals surface area contributed by atoms with Crippen molar-refractivity contribution in [1.82, 2.24) is 9.88 Å². The van der Waals surface area contributed by atoms with Gasteiger partial charge in [0.05, 0.1) is 0 Å². The third kappa shape index (κ3) is 4.20. The van der Waals surface area contributed by atoms with Gasteiger partial charge >= 0.3 is 187 Å². The number of nitrogens with one attached hydrogen (secondary N) is 1. The number of nitrogens with zero attached hydrogens (tertiary/aromatic N) is 1. The molecule has 0 saturated carbocycles. The van der Waals surface area contributed by atoms with E-state index in [1.165, 1.54) is 42.8 Å². The first-order valence-corrected chi connectivity index (χ1v) is 13.0. The normalized spacial score (nSPS) is 19.3. The number of fused-ring (bicyclic) bond motifs is 1. The van der Waals surface area contributed by atoms with Crippen LogP contribution in [0.5, 0.6) is 0 Å². The summed E-state index contributed by atoms with van der Waals surface area (Å²) >= 11 is 2.39. The summed E-state index contributed by atoms with van der Waals surface area (Å²) in [5.41, 5.74) is 6.49. The number of benzene rings is 2. The molecule has 1 aliphatic carbocycles. The van der Waals surface area contributed by atoms with Gasteiger partial charge in [-0.2, -0.15) is 0 Å². The van der Waals surface area contributed by atoms with Crippen LogP contribution in [0.4, 0.5) is 0 Å². The van der Waals surface area contributed by atoms with Crippen molar-refractivity contribution in [2.24, 2.45) is 0 Å². The average molecular weight is 362 g/mol. The Bertz CT molecular complexity index is 814. The fourth-order valence-electron chi connectivity index (χ4n) is 4.87. The molecule has 1 aliphatic heterocycles. The predicted octanol–water partition coefficient (Wildman–Crippen LogP) is 3.60. The van der Waals surface area contributed by atoms with E-state index in [-0.39, 0.29) is 18.9 Å². The molecule has 132 valence electrons. The molecule has 2 aliphatic rings. The standard InChI is InChI=1S/C22H27N2Si.2Li.H/c1-25(2,23-17-18-10-4-3-5-11-18)22-16-21(24-14-8-9-15-24)19-12-6-7-13-20(19)22;;;/h3-7,10-13,22-23H,8-9,14-15,17H2,1-2H3;;;. The summed E-state index contributed by atoms with van der Waals surface area (Å²) in [6, 6.07) is 19.9. The molecule has 0 bridgehead atoms. The van der Waals surface area contributed by atoms with E-state index in [1.54, 1.807) is 9.81 Å². The predicted molar refractivity (Wildman–Crippen MR) is 121 cm³/mol. The zero-order valence-corrected chi connectivity index (χ0v) is 17.3. The first-order valence-electron chi connectivity index (χ1n) is 9.92. The van der Waals surface area contributed by atoms with Crippen molar-refractivity contribution in [2.45, 2.75) is 38.0 Å². The number of allylic oxidation sites excluding steroid dienone is 1. The van der Waals surface area contributed by atoms with E-state index in [0.29, 0.717) is 5.54 Å². The summed E-state index contributed by atoms with van der Waals surface area (Å²) in [5, 5.41) is 0. The van der Waals surface area contributed by atoms with Crippen LogP contribution < -0.4 is 4.98 Å². The topological polar surface area (TPSA) is 15.3 Å². The van der Waals surface area contributed by atoms with Crippen LogP contribution >= 0.6 is 0 Å². The Morgan fingerprint density at radius 2 is 1.63 bits per heavy atom. The Morgan fingerprint density at radius 3 is 2.33 bits per heavy atom. The van der Waals surface area contributed by atoms with Gasteiger partial charge in [-0.15, -0.1) is 0 Å². The second-order valence-corrected chi connectivity index (χ2v) is 12.7. The third-order valence-corrected chi connectivity index (χ3v) is 9.34. The van der Waals surface area contributed by atoms with E-state index < -0.39 is 8.24 Å². The third-order valence-electron chi connectivity index (χ3n) is 6.07. The van der Waals surface area contributed by atoms with Crippen molar-refractivity contribution in [1.29, 1.82) is 0 Å². The summed E-state index contributed by atoms with van der Waals surface area (Å²) in [6.45, 7) is 8.38. The summed E-state index contributed by atoms with van der Waals surface area (Å²) in [5.74, 6) is 0.